The predicted octanol–water partition coefficient (Wildman–Crippen LogP) is 1.51. The van der Waals surface area contributed by atoms with Crippen LogP contribution in [0.4, 0.5) is 4.39 Å². The molecule has 0 saturated carbocycles. The van der Waals surface area contributed by atoms with Gasteiger partial charge in [-0.1, -0.05) is 0 Å². The highest BCUT2D eigenvalue weighted by Gasteiger charge is 2.21. The van der Waals surface area contributed by atoms with Crippen LogP contribution in [0, 0.1) is 5.82 Å². The number of β-amino-alcohol motifs (C(OH)–C–C–N with tert-alkyl or cyclic N) is 1. The van der Waals surface area contributed by atoms with E-state index in [9.17, 15) is 14.3 Å². The van der Waals surface area contributed by atoms with Crippen LogP contribution in [0.3, 0.4) is 0 Å². The van der Waals surface area contributed by atoms with Crippen molar-refractivity contribution in [3.05, 3.63) is 30.1 Å². The van der Waals surface area contributed by atoms with E-state index in [1.165, 1.54) is 12.1 Å². The Morgan fingerprint density at radius 1 is 1.26 bits per heavy atom. The van der Waals surface area contributed by atoms with Gasteiger partial charge in [-0.2, -0.15) is 0 Å². The monoisotopic (exact) mass is 324 g/mol. The number of carbonyl (C=O) groups is 1. The van der Waals surface area contributed by atoms with E-state index >= 15 is 0 Å². The standard InChI is InChI=1S/C17H25FN2O3/c1-14(21)13-19-8-10-20(11-9-19)17(22)3-2-12-23-16-6-4-15(18)5-7-16/h4-7,14,21H,2-3,8-13H2,1H3/t14-/m1/s1. The lowest BCUT2D eigenvalue weighted by Crippen LogP contribution is -2.50. The summed E-state index contributed by atoms with van der Waals surface area (Å²) < 4.78 is 18.2. The van der Waals surface area contributed by atoms with E-state index in [1.807, 2.05) is 4.90 Å². The Morgan fingerprint density at radius 3 is 2.52 bits per heavy atom. The molecule has 5 nitrogen and oxygen atoms in total. The summed E-state index contributed by atoms with van der Waals surface area (Å²) in [5.74, 6) is 0.470. The molecule has 0 bridgehead atoms. The zero-order valence-corrected chi connectivity index (χ0v) is 13.6. The van der Waals surface area contributed by atoms with Crippen molar-refractivity contribution < 1.29 is 19.0 Å². The van der Waals surface area contributed by atoms with Crippen molar-refractivity contribution in [2.24, 2.45) is 0 Å². The summed E-state index contributed by atoms with van der Waals surface area (Å²) in [7, 11) is 0. The predicted molar refractivity (Wildman–Crippen MR) is 85.8 cm³/mol. The van der Waals surface area contributed by atoms with Crippen LogP contribution < -0.4 is 4.74 Å². The molecule has 2 rings (SSSR count). The minimum Gasteiger partial charge on any atom is -0.494 e. The Labute approximate surface area is 136 Å². The van der Waals surface area contributed by atoms with Crippen LogP contribution in [-0.4, -0.2) is 66.2 Å². The first-order valence-corrected chi connectivity index (χ1v) is 8.11. The molecule has 23 heavy (non-hydrogen) atoms. The number of aliphatic hydroxyl groups excluding tert-OH is 1. The van der Waals surface area contributed by atoms with Gasteiger partial charge in [0.1, 0.15) is 11.6 Å². The summed E-state index contributed by atoms with van der Waals surface area (Å²) in [4.78, 5) is 16.2. The van der Waals surface area contributed by atoms with E-state index in [1.54, 1.807) is 19.1 Å². The van der Waals surface area contributed by atoms with E-state index in [2.05, 4.69) is 4.90 Å². The van der Waals surface area contributed by atoms with Crippen molar-refractivity contribution in [3.8, 4) is 5.75 Å². The van der Waals surface area contributed by atoms with Gasteiger partial charge >= 0.3 is 0 Å². The highest BCUT2D eigenvalue weighted by atomic mass is 19.1. The SMILES string of the molecule is C[C@@H](O)CN1CCN(C(=O)CCCOc2ccc(F)cc2)CC1. The third-order valence-corrected chi connectivity index (χ3v) is 3.86. The highest BCUT2D eigenvalue weighted by Crippen LogP contribution is 2.12. The van der Waals surface area contributed by atoms with Crippen molar-refractivity contribution in [2.45, 2.75) is 25.9 Å². The Bertz CT molecular complexity index is 485. The molecule has 1 saturated heterocycles. The maximum Gasteiger partial charge on any atom is 0.222 e. The third kappa shape index (κ3) is 6.15. The number of hydrogen-bond acceptors (Lipinski definition) is 4. The van der Waals surface area contributed by atoms with E-state index in [-0.39, 0.29) is 17.8 Å². The van der Waals surface area contributed by atoms with Crippen LogP contribution in [0.25, 0.3) is 0 Å². The summed E-state index contributed by atoms with van der Waals surface area (Å²) in [6.45, 7) is 5.92. The minimum atomic E-state index is -0.333. The molecule has 0 aromatic heterocycles. The normalized spacial score (nSPS) is 17.1. The quantitative estimate of drug-likeness (QED) is 0.773. The third-order valence-electron chi connectivity index (χ3n) is 3.86. The van der Waals surface area contributed by atoms with Crippen LogP contribution in [0.5, 0.6) is 5.75 Å². The lowest BCUT2D eigenvalue weighted by atomic mass is 10.2. The van der Waals surface area contributed by atoms with Gasteiger partial charge in [-0.15, -0.1) is 0 Å². The summed E-state index contributed by atoms with van der Waals surface area (Å²) in [6, 6.07) is 5.87. The number of hydrogen-bond donors (Lipinski definition) is 1. The Kier molecular flexibility index (Phi) is 6.80. The summed E-state index contributed by atoms with van der Waals surface area (Å²) >= 11 is 0. The Morgan fingerprint density at radius 2 is 1.91 bits per heavy atom. The number of benzene rings is 1. The van der Waals surface area contributed by atoms with Gasteiger partial charge in [0.05, 0.1) is 12.7 Å². The fourth-order valence-electron chi connectivity index (χ4n) is 2.66. The Hall–Kier alpha value is -1.66. The van der Waals surface area contributed by atoms with Crippen molar-refractivity contribution in [3.63, 3.8) is 0 Å². The van der Waals surface area contributed by atoms with Gasteiger partial charge in [0.15, 0.2) is 0 Å². The average Bonchev–Trinajstić information content (AvgIpc) is 2.53. The molecular formula is C17H25FN2O3. The van der Waals surface area contributed by atoms with Gasteiger partial charge in [-0.05, 0) is 37.6 Å². The molecule has 1 atom stereocenters. The van der Waals surface area contributed by atoms with Crippen LogP contribution in [0.15, 0.2) is 24.3 Å². The molecule has 1 heterocycles. The number of aliphatic hydroxyl groups is 1. The topological polar surface area (TPSA) is 53.0 Å². The molecule has 0 radical (unpaired) electrons. The number of piperazine rings is 1. The van der Waals surface area contributed by atoms with Gasteiger partial charge < -0.3 is 14.7 Å². The van der Waals surface area contributed by atoms with Crippen LogP contribution in [-0.2, 0) is 4.79 Å². The van der Waals surface area contributed by atoms with E-state index in [0.29, 0.717) is 44.8 Å². The molecular weight excluding hydrogens is 299 g/mol. The molecule has 1 amide bonds. The summed E-state index contributed by atoms with van der Waals surface area (Å²) in [5.41, 5.74) is 0. The van der Waals surface area contributed by atoms with Gasteiger partial charge in [0.25, 0.3) is 0 Å². The van der Waals surface area contributed by atoms with Gasteiger partial charge in [0.2, 0.25) is 5.91 Å². The van der Waals surface area contributed by atoms with E-state index in [0.717, 1.165) is 13.1 Å². The van der Waals surface area contributed by atoms with Crippen LogP contribution >= 0.6 is 0 Å². The first-order chi connectivity index (χ1) is 11.0. The first-order valence-electron chi connectivity index (χ1n) is 8.11. The summed E-state index contributed by atoms with van der Waals surface area (Å²) in [5, 5.41) is 9.38. The second kappa shape index (κ2) is 8.84. The van der Waals surface area contributed by atoms with Crippen molar-refractivity contribution in [1.82, 2.24) is 9.80 Å². The summed E-state index contributed by atoms with van der Waals surface area (Å²) in [6.07, 6.45) is 0.766. The fraction of sp³-hybridized carbons (Fsp3) is 0.588. The zero-order valence-electron chi connectivity index (χ0n) is 13.6. The molecule has 0 spiro atoms. The fourth-order valence-corrected chi connectivity index (χ4v) is 2.66. The molecule has 1 aliphatic rings. The number of carbonyl (C=O) groups excluding carboxylic acids is 1. The molecule has 1 aromatic rings. The molecule has 1 aromatic carbocycles. The van der Waals surface area contributed by atoms with Gasteiger partial charge in [-0.25, -0.2) is 4.39 Å². The second-order valence-electron chi connectivity index (χ2n) is 5.94. The number of nitrogens with zero attached hydrogens (tertiary/aromatic N) is 2. The maximum absolute atomic E-state index is 12.8. The van der Waals surface area contributed by atoms with Crippen molar-refractivity contribution in [2.75, 3.05) is 39.3 Å². The molecule has 6 heteroatoms. The van der Waals surface area contributed by atoms with Crippen LogP contribution in [0.1, 0.15) is 19.8 Å². The number of ether oxygens (including phenoxy) is 1. The first kappa shape index (κ1) is 17.7. The maximum atomic E-state index is 12.8. The second-order valence-corrected chi connectivity index (χ2v) is 5.94. The highest BCUT2D eigenvalue weighted by molar-refractivity contribution is 5.76. The van der Waals surface area contributed by atoms with E-state index in [4.69, 9.17) is 4.74 Å². The lowest BCUT2D eigenvalue weighted by Gasteiger charge is -2.35. The smallest absolute Gasteiger partial charge is 0.222 e. The number of halogens is 1. The van der Waals surface area contributed by atoms with Crippen molar-refractivity contribution >= 4 is 5.91 Å². The van der Waals surface area contributed by atoms with E-state index < -0.39 is 0 Å². The zero-order chi connectivity index (χ0) is 16.7. The molecule has 128 valence electrons. The molecule has 1 N–H and O–H groups in total. The van der Waals surface area contributed by atoms with Gasteiger partial charge in [0, 0.05) is 39.1 Å². The Balaban J connectivity index is 1.61. The largest absolute Gasteiger partial charge is 0.494 e. The number of rotatable bonds is 7. The molecule has 0 unspecified atom stereocenters. The number of amides is 1. The molecule has 1 fully saturated rings. The molecule has 1 aliphatic heterocycles. The van der Waals surface area contributed by atoms with Crippen molar-refractivity contribution in [1.29, 1.82) is 0 Å². The minimum absolute atomic E-state index is 0.143. The lowest BCUT2D eigenvalue weighted by molar-refractivity contribution is -0.133. The average molecular weight is 324 g/mol. The molecule has 0 aliphatic carbocycles. The van der Waals surface area contributed by atoms with Crippen LogP contribution in [0.2, 0.25) is 0 Å². The van der Waals surface area contributed by atoms with Gasteiger partial charge in [-0.3, -0.25) is 9.69 Å².